The summed E-state index contributed by atoms with van der Waals surface area (Å²) in [5, 5.41) is 3.31. The summed E-state index contributed by atoms with van der Waals surface area (Å²) in [6.45, 7) is 1.85. The van der Waals surface area contributed by atoms with Crippen LogP contribution in [0.2, 0.25) is 0 Å². The fourth-order valence-corrected chi connectivity index (χ4v) is 4.68. The molecule has 0 saturated carbocycles. The Morgan fingerprint density at radius 2 is 2.00 bits per heavy atom. The van der Waals surface area contributed by atoms with Gasteiger partial charge in [0.05, 0.1) is 18.9 Å². The molecule has 2 atom stereocenters. The average Bonchev–Trinajstić information content (AvgIpc) is 3.21. The third kappa shape index (κ3) is 3.11. The molecule has 28 heavy (non-hydrogen) atoms. The number of benzene rings is 1. The van der Waals surface area contributed by atoms with Gasteiger partial charge in [-0.15, -0.1) is 0 Å². The van der Waals surface area contributed by atoms with Crippen LogP contribution in [0.4, 0.5) is 0 Å². The molecule has 1 N–H and O–H groups in total. The lowest BCUT2D eigenvalue weighted by molar-refractivity contribution is -0.136. The fraction of sp³-hybridized carbons (Fsp3) is 0.273. The number of halogens is 1. The largest absolute Gasteiger partial charge is 0.469 e. The highest BCUT2D eigenvalue weighted by Crippen LogP contribution is 2.47. The Labute approximate surface area is 171 Å². The topological polar surface area (TPSA) is 68.5 Å². The lowest BCUT2D eigenvalue weighted by Crippen LogP contribution is -2.36. The molecule has 0 spiro atoms. The van der Waals surface area contributed by atoms with Crippen molar-refractivity contribution < 1.29 is 18.7 Å². The number of allylic oxidation sites excluding steroid dienone is 3. The number of furan rings is 1. The third-order valence-electron chi connectivity index (χ3n) is 5.39. The van der Waals surface area contributed by atoms with Crippen molar-refractivity contribution in [3.8, 4) is 0 Å². The molecule has 2 heterocycles. The summed E-state index contributed by atoms with van der Waals surface area (Å²) < 4.78 is 11.4. The molecule has 1 aromatic carbocycles. The summed E-state index contributed by atoms with van der Waals surface area (Å²) in [5.41, 5.74) is 3.54. The minimum Gasteiger partial charge on any atom is -0.469 e. The van der Waals surface area contributed by atoms with Gasteiger partial charge in [-0.25, -0.2) is 4.79 Å². The van der Waals surface area contributed by atoms with Crippen LogP contribution in [0.25, 0.3) is 0 Å². The van der Waals surface area contributed by atoms with E-state index in [4.69, 9.17) is 9.15 Å². The second-order valence-corrected chi connectivity index (χ2v) is 7.90. The number of ketones is 1. The zero-order valence-corrected chi connectivity index (χ0v) is 17.2. The SMILES string of the molecule is COC(=O)C1=C(C)NC2=C(C(=O)C[C@H](c3ccco3)C2)[C@@H]1c1ccccc1Br. The van der Waals surface area contributed by atoms with E-state index in [0.29, 0.717) is 29.7 Å². The number of dihydropyridines is 1. The molecule has 0 fully saturated rings. The quantitative estimate of drug-likeness (QED) is 0.706. The second kappa shape index (κ2) is 7.43. The number of carbonyl (C=O) groups excluding carboxylic acids is 2. The Morgan fingerprint density at radius 3 is 2.68 bits per heavy atom. The van der Waals surface area contributed by atoms with Crippen molar-refractivity contribution in [3.05, 3.63) is 81.0 Å². The van der Waals surface area contributed by atoms with Crippen LogP contribution < -0.4 is 5.32 Å². The first kappa shape index (κ1) is 18.7. The number of nitrogens with one attached hydrogen (secondary N) is 1. The number of Topliss-reactive ketones (excluding diaryl/α,β-unsaturated/α-hetero) is 1. The van der Waals surface area contributed by atoms with Crippen molar-refractivity contribution in [2.75, 3.05) is 7.11 Å². The van der Waals surface area contributed by atoms with Crippen LogP contribution in [-0.4, -0.2) is 18.9 Å². The second-order valence-electron chi connectivity index (χ2n) is 7.05. The highest BCUT2D eigenvalue weighted by molar-refractivity contribution is 9.10. The zero-order valence-electron chi connectivity index (χ0n) is 15.6. The normalized spacial score (nSPS) is 22.0. The van der Waals surface area contributed by atoms with Crippen molar-refractivity contribution in [1.82, 2.24) is 5.32 Å². The highest BCUT2D eigenvalue weighted by atomic mass is 79.9. The molecule has 1 aliphatic heterocycles. The van der Waals surface area contributed by atoms with Crippen molar-refractivity contribution >= 4 is 27.7 Å². The molecule has 4 rings (SSSR count). The van der Waals surface area contributed by atoms with E-state index < -0.39 is 11.9 Å². The number of ether oxygens (including phenoxy) is 1. The first-order chi connectivity index (χ1) is 13.5. The summed E-state index contributed by atoms with van der Waals surface area (Å²) in [6.07, 6.45) is 2.63. The molecule has 6 heteroatoms. The maximum absolute atomic E-state index is 13.3. The van der Waals surface area contributed by atoms with Gasteiger partial charge in [-0.1, -0.05) is 34.1 Å². The molecule has 0 amide bonds. The Hall–Kier alpha value is -2.60. The lowest BCUT2D eigenvalue weighted by atomic mass is 9.72. The maximum atomic E-state index is 13.3. The zero-order chi connectivity index (χ0) is 19.8. The lowest BCUT2D eigenvalue weighted by Gasteiger charge is -2.36. The van der Waals surface area contributed by atoms with E-state index in [1.165, 1.54) is 7.11 Å². The number of hydrogen-bond acceptors (Lipinski definition) is 5. The molecular formula is C22H20BrNO4. The molecular weight excluding hydrogens is 422 g/mol. The van der Waals surface area contributed by atoms with E-state index in [1.807, 2.05) is 43.3 Å². The van der Waals surface area contributed by atoms with E-state index >= 15 is 0 Å². The minimum atomic E-state index is -0.468. The predicted octanol–water partition coefficient (Wildman–Crippen LogP) is 4.58. The van der Waals surface area contributed by atoms with E-state index in [2.05, 4.69) is 21.2 Å². The Kier molecular flexibility index (Phi) is 4.98. The van der Waals surface area contributed by atoms with Crippen LogP contribution >= 0.6 is 15.9 Å². The van der Waals surface area contributed by atoms with Gasteiger partial charge in [0, 0.05) is 39.7 Å². The summed E-state index contributed by atoms with van der Waals surface area (Å²) in [6, 6.07) is 11.4. The minimum absolute atomic E-state index is 0.0129. The van der Waals surface area contributed by atoms with E-state index in [9.17, 15) is 9.59 Å². The van der Waals surface area contributed by atoms with Gasteiger partial charge >= 0.3 is 5.97 Å². The molecule has 144 valence electrons. The average molecular weight is 442 g/mol. The number of esters is 1. The molecule has 1 aliphatic carbocycles. The fourth-order valence-electron chi connectivity index (χ4n) is 4.16. The molecule has 0 radical (unpaired) electrons. The van der Waals surface area contributed by atoms with Crippen molar-refractivity contribution in [3.63, 3.8) is 0 Å². The maximum Gasteiger partial charge on any atom is 0.336 e. The molecule has 0 unspecified atom stereocenters. The number of methoxy groups -OCH3 is 1. The van der Waals surface area contributed by atoms with Crippen LogP contribution in [0.5, 0.6) is 0 Å². The summed E-state index contributed by atoms with van der Waals surface area (Å²) >= 11 is 3.59. The van der Waals surface area contributed by atoms with E-state index in [-0.39, 0.29) is 11.7 Å². The highest BCUT2D eigenvalue weighted by Gasteiger charge is 2.42. The first-order valence-corrected chi connectivity index (χ1v) is 9.90. The molecule has 2 aliphatic rings. The molecule has 0 saturated heterocycles. The summed E-state index contributed by atoms with van der Waals surface area (Å²) in [5.74, 6) is -0.0898. The van der Waals surface area contributed by atoms with Gasteiger partial charge in [0.25, 0.3) is 0 Å². The van der Waals surface area contributed by atoms with Gasteiger partial charge in [0.15, 0.2) is 5.78 Å². The van der Waals surface area contributed by atoms with Crippen LogP contribution in [0, 0.1) is 0 Å². The van der Waals surface area contributed by atoms with Gasteiger partial charge in [-0.3, -0.25) is 4.79 Å². The predicted molar refractivity (Wildman–Crippen MR) is 107 cm³/mol. The van der Waals surface area contributed by atoms with Gasteiger partial charge in [0.2, 0.25) is 0 Å². The van der Waals surface area contributed by atoms with Gasteiger partial charge < -0.3 is 14.5 Å². The van der Waals surface area contributed by atoms with Crippen molar-refractivity contribution in [2.45, 2.75) is 31.6 Å². The standard InChI is InChI=1S/C22H20BrNO4/c1-12-19(22(26)27-2)20(14-6-3-4-7-15(14)23)21-16(24-12)10-13(11-17(21)25)18-8-5-9-28-18/h3-9,13,20,24H,10-11H2,1-2H3/t13-,20-/m1/s1. The molecule has 0 bridgehead atoms. The molecule has 1 aromatic heterocycles. The number of carbonyl (C=O) groups is 2. The number of hydrogen-bond donors (Lipinski definition) is 1. The van der Waals surface area contributed by atoms with Crippen molar-refractivity contribution in [1.29, 1.82) is 0 Å². The van der Waals surface area contributed by atoms with Gasteiger partial charge in [-0.2, -0.15) is 0 Å². The molecule has 5 nitrogen and oxygen atoms in total. The Bertz CT molecular complexity index is 1000. The van der Waals surface area contributed by atoms with E-state index in [1.54, 1.807) is 6.26 Å². The van der Waals surface area contributed by atoms with Crippen LogP contribution in [0.15, 0.2) is 74.1 Å². The Morgan fingerprint density at radius 1 is 1.21 bits per heavy atom. The third-order valence-corrected chi connectivity index (χ3v) is 6.12. The van der Waals surface area contributed by atoms with Crippen LogP contribution in [0.1, 0.15) is 42.9 Å². The van der Waals surface area contributed by atoms with Gasteiger partial charge in [-0.05, 0) is 37.1 Å². The monoisotopic (exact) mass is 441 g/mol. The van der Waals surface area contributed by atoms with Crippen LogP contribution in [-0.2, 0) is 14.3 Å². The summed E-state index contributed by atoms with van der Waals surface area (Å²) in [4.78, 5) is 25.9. The first-order valence-electron chi connectivity index (χ1n) is 9.11. The van der Waals surface area contributed by atoms with E-state index in [0.717, 1.165) is 21.5 Å². The summed E-state index contributed by atoms with van der Waals surface area (Å²) in [7, 11) is 1.36. The Balaban J connectivity index is 1.85. The van der Waals surface area contributed by atoms with Crippen LogP contribution in [0.3, 0.4) is 0 Å². The van der Waals surface area contributed by atoms with Gasteiger partial charge in [0.1, 0.15) is 5.76 Å². The van der Waals surface area contributed by atoms with Crippen molar-refractivity contribution in [2.24, 2.45) is 0 Å². The smallest absolute Gasteiger partial charge is 0.336 e. The molecule has 2 aromatic rings. The number of rotatable bonds is 3.